The standard InChI is InChI=1S/C17H18FNOS/c1-2-13-5-3-4-6-16(13)19-17(20)11-12-21-15-9-7-14(18)8-10-15/h3-10H,2,11-12H2,1H3,(H,19,20). The highest BCUT2D eigenvalue weighted by Crippen LogP contribution is 2.20. The van der Waals surface area contributed by atoms with Crippen LogP contribution in [0, 0.1) is 5.82 Å². The van der Waals surface area contributed by atoms with Crippen LogP contribution < -0.4 is 5.32 Å². The highest BCUT2D eigenvalue weighted by Gasteiger charge is 2.05. The Balaban J connectivity index is 1.81. The molecule has 0 aliphatic rings. The van der Waals surface area contributed by atoms with Crippen LogP contribution in [0.15, 0.2) is 53.4 Å². The van der Waals surface area contributed by atoms with Gasteiger partial charge in [-0.15, -0.1) is 11.8 Å². The van der Waals surface area contributed by atoms with Gasteiger partial charge >= 0.3 is 0 Å². The molecular weight excluding hydrogens is 285 g/mol. The van der Waals surface area contributed by atoms with Gasteiger partial charge in [-0.1, -0.05) is 25.1 Å². The van der Waals surface area contributed by atoms with Gasteiger partial charge in [-0.05, 0) is 42.3 Å². The van der Waals surface area contributed by atoms with Crippen LogP contribution in [0.3, 0.4) is 0 Å². The number of aryl methyl sites for hydroxylation is 1. The quantitative estimate of drug-likeness (QED) is 0.796. The first-order valence-electron chi connectivity index (χ1n) is 6.95. The van der Waals surface area contributed by atoms with Crippen molar-refractivity contribution in [1.82, 2.24) is 0 Å². The lowest BCUT2D eigenvalue weighted by Gasteiger charge is -2.09. The highest BCUT2D eigenvalue weighted by atomic mass is 32.2. The lowest BCUT2D eigenvalue weighted by atomic mass is 10.1. The van der Waals surface area contributed by atoms with E-state index in [0.717, 1.165) is 22.6 Å². The fourth-order valence-corrected chi connectivity index (χ4v) is 2.81. The first kappa shape index (κ1) is 15.6. The molecule has 0 aliphatic carbocycles. The molecule has 0 bridgehead atoms. The summed E-state index contributed by atoms with van der Waals surface area (Å²) >= 11 is 1.55. The van der Waals surface area contributed by atoms with E-state index in [9.17, 15) is 9.18 Å². The van der Waals surface area contributed by atoms with Crippen LogP contribution >= 0.6 is 11.8 Å². The van der Waals surface area contributed by atoms with Crippen LogP contribution in [-0.4, -0.2) is 11.7 Å². The van der Waals surface area contributed by atoms with Gasteiger partial charge in [0.25, 0.3) is 0 Å². The number of hydrogen-bond donors (Lipinski definition) is 1. The van der Waals surface area contributed by atoms with Gasteiger partial charge in [-0.2, -0.15) is 0 Å². The van der Waals surface area contributed by atoms with Crippen LogP contribution in [0.5, 0.6) is 0 Å². The third kappa shape index (κ3) is 4.90. The molecular formula is C17H18FNOS. The number of thioether (sulfide) groups is 1. The Bertz CT molecular complexity index is 598. The van der Waals surface area contributed by atoms with Gasteiger partial charge in [-0.3, -0.25) is 4.79 Å². The number of amides is 1. The van der Waals surface area contributed by atoms with E-state index in [2.05, 4.69) is 12.2 Å². The van der Waals surface area contributed by atoms with E-state index in [0.29, 0.717) is 12.2 Å². The summed E-state index contributed by atoms with van der Waals surface area (Å²) in [4.78, 5) is 12.9. The number of para-hydroxylation sites is 1. The van der Waals surface area contributed by atoms with Crippen molar-refractivity contribution in [2.24, 2.45) is 0 Å². The van der Waals surface area contributed by atoms with Gasteiger partial charge < -0.3 is 5.32 Å². The number of nitrogens with one attached hydrogen (secondary N) is 1. The third-order valence-electron chi connectivity index (χ3n) is 3.08. The second-order valence-corrected chi connectivity index (χ2v) is 5.78. The third-order valence-corrected chi connectivity index (χ3v) is 4.10. The fraction of sp³-hybridized carbons (Fsp3) is 0.235. The normalized spacial score (nSPS) is 10.4. The van der Waals surface area contributed by atoms with Gasteiger partial charge in [0, 0.05) is 22.8 Å². The molecule has 1 N–H and O–H groups in total. The average molecular weight is 303 g/mol. The molecule has 0 aliphatic heterocycles. The van der Waals surface area contributed by atoms with E-state index >= 15 is 0 Å². The zero-order valence-corrected chi connectivity index (χ0v) is 12.8. The maximum absolute atomic E-state index is 12.8. The summed E-state index contributed by atoms with van der Waals surface area (Å²) in [6, 6.07) is 14.1. The van der Waals surface area contributed by atoms with Crippen molar-refractivity contribution in [2.75, 3.05) is 11.1 Å². The van der Waals surface area contributed by atoms with Crippen molar-refractivity contribution in [2.45, 2.75) is 24.7 Å². The molecule has 0 unspecified atom stereocenters. The molecule has 0 saturated carbocycles. The largest absolute Gasteiger partial charge is 0.326 e. The van der Waals surface area contributed by atoms with E-state index in [1.807, 2.05) is 24.3 Å². The van der Waals surface area contributed by atoms with Crippen molar-refractivity contribution in [3.63, 3.8) is 0 Å². The Labute approximate surface area is 128 Å². The number of hydrogen-bond acceptors (Lipinski definition) is 2. The highest BCUT2D eigenvalue weighted by molar-refractivity contribution is 7.99. The number of anilines is 1. The number of benzene rings is 2. The van der Waals surface area contributed by atoms with Crippen LogP contribution in [0.25, 0.3) is 0 Å². The number of carbonyl (C=O) groups excluding carboxylic acids is 1. The summed E-state index contributed by atoms with van der Waals surface area (Å²) in [7, 11) is 0. The second-order valence-electron chi connectivity index (χ2n) is 4.61. The first-order chi connectivity index (χ1) is 10.2. The lowest BCUT2D eigenvalue weighted by molar-refractivity contribution is -0.115. The second kappa shape index (κ2) is 7.84. The van der Waals surface area contributed by atoms with Crippen LogP contribution in [-0.2, 0) is 11.2 Å². The minimum atomic E-state index is -0.242. The average Bonchev–Trinajstić information content (AvgIpc) is 2.50. The molecule has 4 heteroatoms. The summed E-state index contributed by atoms with van der Waals surface area (Å²) in [6.45, 7) is 2.06. The zero-order valence-electron chi connectivity index (χ0n) is 11.9. The van der Waals surface area contributed by atoms with Crippen molar-refractivity contribution >= 4 is 23.4 Å². The van der Waals surface area contributed by atoms with Crippen LogP contribution in [0.2, 0.25) is 0 Å². The van der Waals surface area contributed by atoms with E-state index in [1.165, 1.54) is 12.1 Å². The maximum atomic E-state index is 12.8. The smallest absolute Gasteiger partial charge is 0.225 e. The predicted octanol–water partition coefficient (Wildman–Crippen LogP) is 4.51. The van der Waals surface area contributed by atoms with Crippen molar-refractivity contribution in [3.8, 4) is 0 Å². The molecule has 2 aromatic carbocycles. The molecule has 0 spiro atoms. The Morgan fingerprint density at radius 3 is 2.57 bits per heavy atom. The number of carbonyl (C=O) groups is 1. The maximum Gasteiger partial charge on any atom is 0.225 e. The van der Waals surface area contributed by atoms with E-state index in [4.69, 9.17) is 0 Å². The topological polar surface area (TPSA) is 29.1 Å². The molecule has 110 valence electrons. The predicted molar refractivity (Wildman–Crippen MR) is 86.2 cm³/mol. The fourth-order valence-electron chi connectivity index (χ4n) is 1.96. The first-order valence-corrected chi connectivity index (χ1v) is 7.93. The molecule has 2 rings (SSSR count). The zero-order chi connectivity index (χ0) is 15.1. The summed E-state index contributed by atoms with van der Waals surface area (Å²) in [5.74, 6) is 0.435. The summed E-state index contributed by atoms with van der Waals surface area (Å²) in [5, 5.41) is 2.94. The molecule has 0 radical (unpaired) electrons. The molecule has 0 heterocycles. The molecule has 0 aromatic heterocycles. The van der Waals surface area contributed by atoms with Gasteiger partial charge in [0.05, 0.1) is 0 Å². The van der Waals surface area contributed by atoms with Crippen LogP contribution in [0.1, 0.15) is 18.9 Å². The molecule has 1 amide bonds. The molecule has 2 nitrogen and oxygen atoms in total. The van der Waals surface area contributed by atoms with Gasteiger partial charge in [0.15, 0.2) is 0 Å². The van der Waals surface area contributed by atoms with Gasteiger partial charge in [0.1, 0.15) is 5.82 Å². The Morgan fingerprint density at radius 2 is 1.86 bits per heavy atom. The van der Waals surface area contributed by atoms with Crippen molar-refractivity contribution < 1.29 is 9.18 Å². The summed E-state index contributed by atoms with van der Waals surface area (Å²) in [6.07, 6.45) is 1.32. The minimum Gasteiger partial charge on any atom is -0.326 e. The molecule has 0 saturated heterocycles. The molecule has 2 aromatic rings. The Hall–Kier alpha value is -1.81. The number of rotatable bonds is 6. The lowest BCUT2D eigenvalue weighted by Crippen LogP contribution is -2.13. The molecule has 0 fully saturated rings. The van der Waals surface area contributed by atoms with E-state index in [-0.39, 0.29) is 11.7 Å². The minimum absolute atomic E-state index is 0.00510. The molecule has 21 heavy (non-hydrogen) atoms. The SMILES string of the molecule is CCc1ccccc1NC(=O)CCSc1ccc(F)cc1. The summed E-state index contributed by atoms with van der Waals surface area (Å²) in [5.41, 5.74) is 2.02. The van der Waals surface area contributed by atoms with Gasteiger partial charge in [-0.25, -0.2) is 4.39 Å². The van der Waals surface area contributed by atoms with E-state index < -0.39 is 0 Å². The number of halogens is 1. The van der Waals surface area contributed by atoms with Crippen molar-refractivity contribution in [3.05, 3.63) is 59.9 Å². The molecule has 0 atom stereocenters. The van der Waals surface area contributed by atoms with Crippen molar-refractivity contribution in [1.29, 1.82) is 0 Å². The van der Waals surface area contributed by atoms with Gasteiger partial charge in [0.2, 0.25) is 5.91 Å². The Morgan fingerprint density at radius 1 is 1.14 bits per heavy atom. The summed E-state index contributed by atoms with van der Waals surface area (Å²) < 4.78 is 12.8. The monoisotopic (exact) mass is 303 g/mol. The van der Waals surface area contributed by atoms with E-state index in [1.54, 1.807) is 23.9 Å². The Kier molecular flexibility index (Phi) is 5.81. The van der Waals surface area contributed by atoms with Crippen LogP contribution in [0.4, 0.5) is 10.1 Å².